The van der Waals surface area contributed by atoms with E-state index < -0.39 is 0 Å². The third kappa shape index (κ3) is 4.00. The molecule has 0 radical (unpaired) electrons. The van der Waals surface area contributed by atoms with Crippen LogP contribution in [0.3, 0.4) is 0 Å². The van der Waals surface area contributed by atoms with E-state index in [1.165, 1.54) is 16.7 Å². The van der Waals surface area contributed by atoms with Crippen LogP contribution in [0.1, 0.15) is 33.8 Å². The molecule has 0 saturated heterocycles. The van der Waals surface area contributed by atoms with Gasteiger partial charge < -0.3 is 9.15 Å². The number of nitrogens with zero attached hydrogens (tertiary/aromatic N) is 3. The molecular weight excluding hydrogens is 326 g/mol. The SMILES string of the molecule is Cc1ccc(CN2CCc3c(COCc4ccncc4)cncc3C2)o1. The standard InChI is InChI=1S/C21H23N3O2/c1-16-2-3-20(26-16)13-24-9-6-21-18(12-24)10-23-11-19(21)15-25-14-17-4-7-22-8-5-17/h2-5,7-8,10-11H,6,9,12-15H2,1H3. The predicted octanol–water partition coefficient (Wildman–Crippen LogP) is 3.65. The first-order chi connectivity index (χ1) is 12.8. The quantitative estimate of drug-likeness (QED) is 0.680. The average molecular weight is 349 g/mol. The Morgan fingerprint density at radius 3 is 2.77 bits per heavy atom. The maximum absolute atomic E-state index is 5.90. The van der Waals surface area contributed by atoms with Gasteiger partial charge in [0.15, 0.2) is 0 Å². The molecule has 0 amide bonds. The molecule has 4 heterocycles. The van der Waals surface area contributed by atoms with Crippen molar-refractivity contribution in [3.8, 4) is 0 Å². The molecule has 5 nitrogen and oxygen atoms in total. The van der Waals surface area contributed by atoms with Gasteiger partial charge in [-0.3, -0.25) is 14.9 Å². The van der Waals surface area contributed by atoms with Crippen LogP contribution >= 0.6 is 0 Å². The van der Waals surface area contributed by atoms with Gasteiger partial charge in [0.1, 0.15) is 11.5 Å². The summed E-state index contributed by atoms with van der Waals surface area (Å²) >= 11 is 0. The van der Waals surface area contributed by atoms with Crippen LogP contribution < -0.4 is 0 Å². The molecule has 5 heteroatoms. The van der Waals surface area contributed by atoms with Crippen LogP contribution in [0, 0.1) is 6.92 Å². The van der Waals surface area contributed by atoms with Crippen molar-refractivity contribution in [2.75, 3.05) is 6.54 Å². The van der Waals surface area contributed by atoms with Gasteiger partial charge in [-0.05, 0) is 59.9 Å². The van der Waals surface area contributed by atoms with Gasteiger partial charge in [0.25, 0.3) is 0 Å². The minimum atomic E-state index is 0.593. The van der Waals surface area contributed by atoms with Gasteiger partial charge in [-0.1, -0.05) is 0 Å². The zero-order valence-electron chi connectivity index (χ0n) is 15.0. The normalized spacial score (nSPS) is 14.3. The van der Waals surface area contributed by atoms with Gasteiger partial charge in [0.2, 0.25) is 0 Å². The summed E-state index contributed by atoms with van der Waals surface area (Å²) in [6, 6.07) is 8.04. The second-order valence-corrected chi connectivity index (χ2v) is 6.76. The topological polar surface area (TPSA) is 51.4 Å². The lowest BCUT2D eigenvalue weighted by atomic mass is 9.97. The van der Waals surface area contributed by atoms with Crippen LogP contribution in [0.4, 0.5) is 0 Å². The fourth-order valence-electron chi connectivity index (χ4n) is 3.43. The van der Waals surface area contributed by atoms with Gasteiger partial charge in [-0.25, -0.2) is 0 Å². The smallest absolute Gasteiger partial charge is 0.118 e. The Hall–Kier alpha value is -2.50. The third-order valence-electron chi connectivity index (χ3n) is 4.76. The second-order valence-electron chi connectivity index (χ2n) is 6.76. The lowest BCUT2D eigenvalue weighted by molar-refractivity contribution is 0.105. The number of furan rings is 1. The number of aromatic nitrogens is 2. The lowest BCUT2D eigenvalue weighted by Crippen LogP contribution is -2.30. The number of hydrogen-bond donors (Lipinski definition) is 0. The number of hydrogen-bond acceptors (Lipinski definition) is 5. The lowest BCUT2D eigenvalue weighted by Gasteiger charge is -2.29. The highest BCUT2D eigenvalue weighted by atomic mass is 16.5. The van der Waals surface area contributed by atoms with E-state index in [-0.39, 0.29) is 0 Å². The zero-order chi connectivity index (χ0) is 17.8. The van der Waals surface area contributed by atoms with E-state index >= 15 is 0 Å². The third-order valence-corrected chi connectivity index (χ3v) is 4.76. The van der Waals surface area contributed by atoms with Crippen molar-refractivity contribution in [3.63, 3.8) is 0 Å². The van der Waals surface area contributed by atoms with E-state index in [4.69, 9.17) is 9.15 Å². The van der Waals surface area contributed by atoms with Crippen LogP contribution in [0.25, 0.3) is 0 Å². The summed E-state index contributed by atoms with van der Waals surface area (Å²) in [5.74, 6) is 1.99. The van der Waals surface area contributed by atoms with Crippen LogP contribution in [0.15, 0.2) is 53.5 Å². The summed E-state index contributed by atoms with van der Waals surface area (Å²) in [6.07, 6.45) is 8.53. The van der Waals surface area contributed by atoms with E-state index in [0.717, 1.165) is 43.1 Å². The predicted molar refractivity (Wildman–Crippen MR) is 98.2 cm³/mol. The molecule has 0 saturated carbocycles. The highest BCUT2D eigenvalue weighted by Gasteiger charge is 2.20. The monoisotopic (exact) mass is 349 g/mol. The number of fused-ring (bicyclic) bond motifs is 1. The number of ether oxygens (including phenoxy) is 1. The Morgan fingerprint density at radius 2 is 1.96 bits per heavy atom. The Bertz CT molecular complexity index is 861. The van der Waals surface area contributed by atoms with Gasteiger partial charge >= 0.3 is 0 Å². The molecule has 0 spiro atoms. The van der Waals surface area contributed by atoms with E-state index in [2.05, 4.69) is 20.9 Å². The summed E-state index contributed by atoms with van der Waals surface area (Å²) in [5.41, 5.74) is 5.02. The minimum Gasteiger partial charge on any atom is -0.465 e. The molecule has 1 aliphatic rings. The first-order valence-electron chi connectivity index (χ1n) is 8.97. The van der Waals surface area contributed by atoms with Gasteiger partial charge in [0.05, 0.1) is 19.8 Å². The van der Waals surface area contributed by atoms with Crippen molar-refractivity contribution < 1.29 is 9.15 Å². The zero-order valence-corrected chi connectivity index (χ0v) is 15.0. The molecule has 26 heavy (non-hydrogen) atoms. The molecule has 0 aromatic carbocycles. The van der Waals surface area contributed by atoms with Crippen LogP contribution in [0.5, 0.6) is 0 Å². The second kappa shape index (κ2) is 7.81. The Morgan fingerprint density at radius 1 is 1.08 bits per heavy atom. The molecular formula is C21H23N3O2. The van der Waals surface area contributed by atoms with Crippen molar-refractivity contribution in [2.24, 2.45) is 0 Å². The van der Waals surface area contributed by atoms with Crippen molar-refractivity contribution in [3.05, 3.63) is 82.8 Å². The van der Waals surface area contributed by atoms with Crippen LogP contribution in [-0.2, 0) is 37.5 Å². The summed E-state index contributed by atoms with van der Waals surface area (Å²) in [4.78, 5) is 10.9. The Kier molecular flexibility index (Phi) is 5.09. The molecule has 3 aromatic heterocycles. The summed E-state index contributed by atoms with van der Waals surface area (Å²) in [6.45, 7) is 5.94. The maximum Gasteiger partial charge on any atom is 0.118 e. The average Bonchev–Trinajstić information content (AvgIpc) is 3.07. The maximum atomic E-state index is 5.90. The molecule has 1 aliphatic heterocycles. The highest BCUT2D eigenvalue weighted by molar-refractivity contribution is 5.33. The number of pyridine rings is 2. The van der Waals surface area contributed by atoms with E-state index in [0.29, 0.717) is 13.2 Å². The fraction of sp³-hybridized carbons (Fsp3) is 0.333. The Balaban J connectivity index is 1.38. The largest absolute Gasteiger partial charge is 0.465 e. The summed E-state index contributed by atoms with van der Waals surface area (Å²) in [7, 11) is 0. The molecule has 0 N–H and O–H groups in total. The van der Waals surface area contributed by atoms with Gasteiger partial charge in [-0.15, -0.1) is 0 Å². The molecule has 0 unspecified atom stereocenters. The molecule has 4 rings (SSSR count). The van der Waals surface area contributed by atoms with Crippen LogP contribution in [0.2, 0.25) is 0 Å². The molecule has 0 fully saturated rings. The van der Waals surface area contributed by atoms with Crippen molar-refractivity contribution >= 4 is 0 Å². The van der Waals surface area contributed by atoms with E-state index in [1.54, 1.807) is 12.4 Å². The molecule has 3 aromatic rings. The summed E-state index contributed by atoms with van der Waals surface area (Å²) < 4.78 is 11.6. The van der Waals surface area contributed by atoms with Crippen molar-refractivity contribution in [2.45, 2.75) is 39.6 Å². The fourth-order valence-corrected chi connectivity index (χ4v) is 3.43. The molecule has 0 atom stereocenters. The van der Waals surface area contributed by atoms with Crippen molar-refractivity contribution in [1.82, 2.24) is 14.9 Å². The number of aryl methyl sites for hydroxylation is 1. The van der Waals surface area contributed by atoms with Gasteiger partial charge in [-0.2, -0.15) is 0 Å². The Labute approximate surface area is 153 Å². The van der Waals surface area contributed by atoms with Crippen molar-refractivity contribution in [1.29, 1.82) is 0 Å². The highest BCUT2D eigenvalue weighted by Crippen LogP contribution is 2.24. The number of rotatable bonds is 6. The van der Waals surface area contributed by atoms with E-state index in [9.17, 15) is 0 Å². The first-order valence-corrected chi connectivity index (χ1v) is 8.97. The minimum absolute atomic E-state index is 0.593. The van der Waals surface area contributed by atoms with Crippen LogP contribution in [-0.4, -0.2) is 21.4 Å². The molecule has 0 bridgehead atoms. The molecule has 134 valence electrons. The van der Waals surface area contributed by atoms with Gasteiger partial charge in [0, 0.05) is 37.9 Å². The molecule has 0 aliphatic carbocycles. The summed E-state index contributed by atoms with van der Waals surface area (Å²) in [5, 5.41) is 0. The first kappa shape index (κ1) is 16.9. The van der Waals surface area contributed by atoms with E-state index in [1.807, 2.05) is 37.5 Å².